The molecule has 0 aromatic heterocycles. The molecule has 2 aliphatic heterocycles. The molecular formula is C19H30ClN3O3S. The summed E-state index contributed by atoms with van der Waals surface area (Å²) in [6, 6.07) is 5.18. The Bertz CT molecular complexity index is 763. The maximum atomic E-state index is 13.0. The minimum atomic E-state index is -3.57. The van der Waals surface area contributed by atoms with Crippen LogP contribution in [0.2, 0.25) is 0 Å². The van der Waals surface area contributed by atoms with Gasteiger partial charge in [-0.05, 0) is 63.8 Å². The minimum Gasteiger partial charge on any atom is -0.350 e. The predicted molar refractivity (Wildman–Crippen MR) is 109 cm³/mol. The summed E-state index contributed by atoms with van der Waals surface area (Å²) in [6.07, 6.45) is 5.01. The first-order valence-corrected chi connectivity index (χ1v) is 11.0. The number of nitrogens with zero attached hydrogens (tertiary/aromatic N) is 1. The molecule has 0 radical (unpaired) electrons. The van der Waals surface area contributed by atoms with Crippen molar-refractivity contribution in [1.82, 2.24) is 14.9 Å². The van der Waals surface area contributed by atoms with Gasteiger partial charge in [0.15, 0.2) is 0 Å². The Morgan fingerprint density at radius 3 is 2.70 bits per heavy atom. The van der Waals surface area contributed by atoms with Gasteiger partial charge in [0.25, 0.3) is 5.91 Å². The van der Waals surface area contributed by atoms with Gasteiger partial charge in [-0.1, -0.05) is 12.5 Å². The van der Waals surface area contributed by atoms with E-state index in [2.05, 4.69) is 10.6 Å². The number of rotatable bonds is 5. The number of amides is 1. The highest BCUT2D eigenvalue weighted by Crippen LogP contribution is 2.26. The van der Waals surface area contributed by atoms with Crippen LogP contribution in [0.4, 0.5) is 0 Å². The zero-order chi connectivity index (χ0) is 18.7. The maximum Gasteiger partial charge on any atom is 0.251 e. The Labute approximate surface area is 168 Å². The molecule has 152 valence electrons. The lowest BCUT2D eigenvalue weighted by molar-refractivity contribution is 0.0949. The Morgan fingerprint density at radius 2 is 2.04 bits per heavy atom. The van der Waals surface area contributed by atoms with Crippen LogP contribution in [0.5, 0.6) is 0 Å². The second-order valence-corrected chi connectivity index (χ2v) is 9.33. The maximum absolute atomic E-state index is 13.0. The van der Waals surface area contributed by atoms with Gasteiger partial charge in [0.1, 0.15) is 0 Å². The second-order valence-electron chi connectivity index (χ2n) is 7.44. The molecule has 1 aromatic rings. The Balaban J connectivity index is 0.00000261. The van der Waals surface area contributed by atoms with Crippen LogP contribution in [0.1, 0.15) is 54.9 Å². The third-order valence-corrected chi connectivity index (χ3v) is 7.48. The topological polar surface area (TPSA) is 78.5 Å². The Kier molecular flexibility index (Phi) is 7.68. The number of sulfonamides is 1. The van der Waals surface area contributed by atoms with Crippen LogP contribution >= 0.6 is 12.4 Å². The van der Waals surface area contributed by atoms with Gasteiger partial charge in [-0.25, -0.2) is 8.42 Å². The largest absolute Gasteiger partial charge is 0.350 e. The molecular weight excluding hydrogens is 386 g/mol. The molecule has 0 aliphatic carbocycles. The third kappa shape index (κ3) is 5.02. The van der Waals surface area contributed by atoms with Gasteiger partial charge < -0.3 is 10.6 Å². The molecule has 0 saturated carbocycles. The average Bonchev–Trinajstić information content (AvgIpc) is 3.13. The molecule has 2 saturated heterocycles. The summed E-state index contributed by atoms with van der Waals surface area (Å²) >= 11 is 0. The molecule has 6 nitrogen and oxygen atoms in total. The Hall–Kier alpha value is -1.15. The second kappa shape index (κ2) is 9.37. The van der Waals surface area contributed by atoms with Crippen LogP contribution in [-0.4, -0.2) is 50.3 Å². The van der Waals surface area contributed by atoms with Crippen molar-refractivity contribution in [3.8, 4) is 0 Å². The number of carbonyl (C=O) groups excluding carboxylic acids is 1. The van der Waals surface area contributed by atoms with Crippen molar-refractivity contribution in [2.45, 2.75) is 62.9 Å². The van der Waals surface area contributed by atoms with E-state index in [1.807, 2.05) is 13.8 Å². The number of piperidine rings is 1. The predicted octanol–water partition coefficient (Wildman–Crippen LogP) is 2.46. The fraction of sp³-hybridized carbons (Fsp3) is 0.632. The van der Waals surface area contributed by atoms with Crippen LogP contribution in [0, 0.1) is 6.92 Å². The highest BCUT2D eigenvalue weighted by Gasteiger charge is 2.31. The van der Waals surface area contributed by atoms with Gasteiger partial charge >= 0.3 is 0 Å². The SMILES string of the molecule is Cc1ccc(S(=O)(=O)N2CCCCC2C)cc1C(=O)NCC1CCCN1.Cl. The molecule has 3 rings (SSSR count). The quantitative estimate of drug-likeness (QED) is 0.774. The first kappa shape index (κ1) is 22.1. The molecule has 27 heavy (non-hydrogen) atoms. The molecule has 1 amide bonds. The lowest BCUT2D eigenvalue weighted by atomic mass is 10.1. The molecule has 1 aromatic carbocycles. The number of benzene rings is 1. The van der Waals surface area contributed by atoms with E-state index >= 15 is 0 Å². The summed E-state index contributed by atoms with van der Waals surface area (Å²) in [7, 11) is -3.57. The molecule has 2 aliphatic rings. The van der Waals surface area contributed by atoms with E-state index in [1.54, 1.807) is 16.4 Å². The molecule has 2 fully saturated rings. The molecule has 8 heteroatoms. The van der Waals surface area contributed by atoms with Crippen LogP contribution in [0.3, 0.4) is 0 Å². The van der Waals surface area contributed by atoms with Crippen molar-refractivity contribution >= 4 is 28.3 Å². The standard InChI is InChI=1S/C19H29N3O3S.ClH/c1-14-8-9-17(26(24,25)22-11-4-3-6-15(22)2)12-18(14)19(23)21-13-16-7-5-10-20-16;/h8-9,12,15-16,20H,3-7,10-11,13H2,1-2H3,(H,21,23);1H. The fourth-order valence-electron chi connectivity index (χ4n) is 3.81. The van der Waals surface area contributed by atoms with Crippen molar-refractivity contribution in [3.05, 3.63) is 29.3 Å². The van der Waals surface area contributed by atoms with Gasteiger partial charge in [0.2, 0.25) is 10.0 Å². The average molecular weight is 416 g/mol. The van der Waals surface area contributed by atoms with Crippen molar-refractivity contribution in [1.29, 1.82) is 0 Å². The minimum absolute atomic E-state index is 0. The van der Waals surface area contributed by atoms with E-state index in [4.69, 9.17) is 0 Å². The number of carbonyl (C=O) groups is 1. The zero-order valence-corrected chi connectivity index (χ0v) is 17.7. The van der Waals surface area contributed by atoms with Gasteiger partial charge in [-0.2, -0.15) is 4.31 Å². The van der Waals surface area contributed by atoms with E-state index in [0.717, 1.165) is 44.2 Å². The monoisotopic (exact) mass is 415 g/mol. The van der Waals surface area contributed by atoms with E-state index in [9.17, 15) is 13.2 Å². The summed E-state index contributed by atoms with van der Waals surface area (Å²) < 4.78 is 27.6. The summed E-state index contributed by atoms with van der Waals surface area (Å²) in [5.74, 6) is -0.208. The highest BCUT2D eigenvalue weighted by molar-refractivity contribution is 7.89. The summed E-state index contributed by atoms with van der Waals surface area (Å²) in [5.41, 5.74) is 1.22. The van der Waals surface area contributed by atoms with Gasteiger partial charge in [0.05, 0.1) is 4.90 Å². The van der Waals surface area contributed by atoms with E-state index in [-0.39, 0.29) is 29.3 Å². The van der Waals surface area contributed by atoms with Gasteiger partial charge in [-0.15, -0.1) is 12.4 Å². The molecule has 2 heterocycles. The van der Waals surface area contributed by atoms with Crippen molar-refractivity contribution in [2.75, 3.05) is 19.6 Å². The first-order chi connectivity index (χ1) is 12.4. The number of aryl methyl sites for hydroxylation is 1. The van der Waals surface area contributed by atoms with Crippen molar-refractivity contribution in [2.24, 2.45) is 0 Å². The molecule has 0 bridgehead atoms. The van der Waals surface area contributed by atoms with Crippen LogP contribution in [0.15, 0.2) is 23.1 Å². The fourth-order valence-corrected chi connectivity index (χ4v) is 5.54. The smallest absolute Gasteiger partial charge is 0.251 e. The number of nitrogens with one attached hydrogen (secondary N) is 2. The molecule has 2 atom stereocenters. The van der Waals surface area contributed by atoms with Gasteiger partial charge in [-0.3, -0.25) is 4.79 Å². The molecule has 2 N–H and O–H groups in total. The van der Waals surface area contributed by atoms with E-state index < -0.39 is 10.0 Å². The summed E-state index contributed by atoms with van der Waals surface area (Å²) in [6.45, 7) is 5.89. The highest BCUT2D eigenvalue weighted by atomic mass is 35.5. The van der Waals surface area contributed by atoms with Crippen LogP contribution < -0.4 is 10.6 Å². The first-order valence-electron chi connectivity index (χ1n) is 9.53. The summed E-state index contributed by atoms with van der Waals surface area (Å²) in [5, 5.41) is 6.28. The lowest BCUT2D eigenvalue weighted by Gasteiger charge is -2.32. The number of halogens is 1. The molecule has 0 spiro atoms. The Morgan fingerprint density at radius 1 is 1.26 bits per heavy atom. The summed E-state index contributed by atoms with van der Waals surface area (Å²) in [4.78, 5) is 12.8. The van der Waals surface area contributed by atoms with E-state index in [0.29, 0.717) is 24.7 Å². The molecule has 2 unspecified atom stereocenters. The lowest BCUT2D eigenvalue weighted by Crippen LogP contribution is -2.42. The number of hydrogen-bond acceptors (Lipinski definition) is 4. The van der Waals surface area contributed by atoms with Crippen molar-refractivity contribution in [3.63, 3.8) is 0 Å². The normalized spacial score (nSPS) is 23.6. The zero-order valence-electron chi connectivity index (χ0n) is 16.0. The van der Waals surface area contributed by atoms with Crippen LogP contribution in [0.25, 0.3) is 0 Å². The van der Waals surface area contributed by atoms with Gasteiger partial charge in [0, 0.05) is 30.7 Å². The van der Waals surface area contributed by atoms with Crippen LogP contribution in [-0.2, 0) is 10.0 Å². The van der Waals surface area contributed by atoms with E-state index in [1.165, 1.54) is 6.07 Å². The number of hydrogen-bond donors (Lipinski definition) is 2. The third-order valence-electron chi connectivity index (χ3n) is 5.47. The van der Waals surface area contributed by atoms with Crippen molar-refractivity contribution < 1.29 is 13.2 Å².